The van der Waals surface area contributed by atoms with Crippen molar-refractivity contribution in [1.82, 2.24) is 25.7 Å². The van der Waals surface area contributed by atoms with E-state index in [2.05, 4.69) is 25.7 Å². The smallest absolute Gasteiger partial charge is 0.246 e. The Labute approximate surface area is 153 Å². The summed E-state index contributed by atoms with van der Waals surface area (Å²) >= 11 is 0. The molecule has 0 atom stereocenters. The first-order chi connectivity index (χ1) is 12.8. The molecular formula is C19H27N5O2. The summed E-state index contributed by atoms with van der Waals surface area (Å²) in [5.41, 5.74) is 3.64. The van der Waals surface area contributed by atoms with E-state index in [4.69, 9.17) is 4.52 Å². The molecule has 2 aliphatic carbocycles. The second-order valence-corrected chi connectivity index (χ2v) is 7.49. The Morgan fingerprint density at radius 2 is 2.00 bits per heavy atom. The van der Waals surface area contributed by atoms with Crippen molar-refractivity contribution in [2.75, 3.05) is 0 Å². The Morgan fingerprint density at radius 3 is 2.88 bits per heavy atom. The van der Waals surface area contributed by atoms with Crippen molar-refractivity contribution >= 4 is 5.91 Å². The van der Waals surface area contributed by atoms with Gasteiger partial charge in [-0.25, -0.2) is 0 Å². The molecule has 2 heterocycles. The van der Waals surface area contributed by atoms with Crippen molar-refractivity contribution < 1.29 is 9.32 Å². The normalized spacial score (nSPS) is 17.8. The van der Waals surface area contributed by atoms with Crippen LogP contribution in [0.4, 0.5) is 0 Å². The minimum absolute atomic E-state index is 0.00465. The fraction of sp³-hybridized carbons (Fsp3) is 0.684. The van der Waals surface area contributed by atoms with Crippen LogP contribution in [0.15, 0.2) is 4.52 Å². The molecule has 7 nitrogen and oxygen atoms in total. The minimum Gasteiger partial charge on any atom is -0.347 e. The number of carbonyl (C=O) groups is 1. The van der Waals surface area contributed by atoms with Crippen LogP contribution in [-0.2, 0) is 30.6 Å². The second-order valence-electron chi connectivity index (χ2n) is 7.49. The van der Waals surface area contributed by atoms with Crippen LogP contribution in [0, 0.1) is 0 Å². The maximum absolute atomic E-state index is 12.1. The maximum atomic E-state index is 12.1. The summed E-state index contributed by atoms with van der Waals surface area (Å²) < 4.78 is 5.30. The molecule has 2 aliphatic rings. The lowest BCUT2D eigenvalue weighted by Crippen LogP contribution is -2.23. The number of nitrogens with zero attached hydrogens (tertiary/aromatic N) is 3. The van der Waals surface area contributed by atoms with E-state index in [0.29, 0.717) is 31.2 Å². The number of fused-ring (bicyclic) bond motifs is 1. The molecule has 0 spiro atoms. The van der Waals surface area contributed by atoms with Gasteiger partial charge >= 0.3 is 0 Å². The standard InChI is InChI=1S/C19H27N5O2/c25-17(11-10-16-14-8-4-5-9-15(14)22-23-16)20-12-18-21-19(24-26-18)13-6-2-1-3-7-13/h13H,1-12H2,(H,20,25)(H,22,23). The fourth-order valence-electron chi connectivity index (χ4n) is 4.12. The lowest BCUT2D eigenvalue weighted by atomic mass is 9.89. The Morgan fingerprint density at radius 1 is 1.15 bits per heavy atom. The molecule has 0 aliphatic heterocycles. The Balaban J connectivity index is 1.24. The lowest BCUT2D eigenvalue weighted by Gasteiger charge is -2.17. The highest BCUT2D eigenvalue weighted by molar-refractivity contribution is 5.76. The molecule has 0 bridgehead atoms. The van der Waals surface area contributed by atoms with Gasteiger partial charge in [-0.2, -0.15) is 10.1 Å². The summed E-state index contributed by atoms with van der Waals surface area (Å²) in [5.74, 6) is 1.71. The number of nitrogens with one attached hydrogen (secondary N) is 2. The maximum Gasteiger partial charge on any atom is 0.246 e. The van der Waals surface area contributed by atoms with Gasteiger partial charge in [-0.05, 0) is 44.1 Å². The molecule has 1 amide bonds. The van der Waals surface area contributed by atoms with Crippen LogP contribution < -0.4 is 5.32 Å². The minimum atomic E-state index is -0.00465. The van der Waals surface area contributed by atoms with Gasteiger partial charge < -0.3 is 9.84 Å². The van der Waals surface area contributed by atoms with Crippen LogP contribution in [0.3, 0.4) is 0 Å². The molecule has 0 unspecified atom stereocenters. The van der Waals surface area contributed by atoms with E-state index in [1.165, 1.54) is 43.4 Å². The molecule has 2 aromatic heterocycles. The molecule has 2 aromatic rings. The van der Waals surface area contributed by atoms with Crippen molar-refractivity contribution in [3.05, 3.63) is 28.7 Å². The van der Waals surface area contributed by atoms with Crippen LogP contribution >= 0.6 is 0 Å². The van der Waals surface area contributed by atoms with E-state index >= 15 is 0 Å². The van der Waals surface area contributed by atoms with Crippen molar-refractivity contribution in [3.63, 3.8) is 0 Å². The molecule has 4 rings (SSSR count). The number of aryl methyl sites for hydroxylation is 2. The molecule has 0 aromatic carbocycles. The number of H-pyrrole nitrogens is 1. The number of hydrogen-bond donors (Lipinski definition) is 2. The summed E-state index contributed by atoms with van der Waals surface area (Å²) in [6, 6.07) is 0. The van der Waals surface area contributed by atoms with Crippen LogP contribution in [0.2, 0.25) is 0 Å². The van der Waals surface area contributed by atoms with Gasteiger partial charge in [-0.1, -0.05) is 24.4 Å². The third-order valence-corrected chi connectivity index (χ3v) is 5.62. The molecular weight excluding hydrogens is 330 g/mol. The van der Waals surface area contributed by atoms with E-state index in [-0.39, 0.29) is 5.91 Å². The van der Waals surface area contributed by atoms with E-state index in [1.54, 1.807) is 0 Å². The number of aromatic amines is 1. The number of amides is 1. The third kappa shape index (κ3) is 3.97. The van der Waals surface area contributed by atoms with Gasteiger partial charge in [0.15, 0.2) is 5.82 Å². The van der Waals surface area contributed by atoms with E-state index < -0.39 is 0 Å². The first-order valence-electron chi connectivity index (χ1n) is 9.94. The zero-order valence-electron chi connectivity index (χ0n) is 15.2. The van der Waals surface area contributed by atoms with Gasteiger partial charge in [0.2, 0.25) is 11.8 Å². The quantitative estimate of drug-likeness (QED) is 0.828. The fourth-order valence-corrected chi connectivity index (χ4v) is 4.12. The summed E-state index contributed by atoms with van der Waals surface area (Å²) in [4.78, 5) is 16.6. The van der Waals surface area contributed by atoms with Crippen LogP contribution in [-0.4, -0.2) is 26.2 Å². The van der Waals surface area contributed by atoms with Gasteiger partial charge in [0.05, 0.1) is 12.2 Å². The van der Waals surface area contributed by atoms with Crippen molar-refractivity contribution in [2.24, 2.45) is 0 Å². The number of carbonyl (C=O) groups excluding carboxylic acids is 1. The average molecular weight is 357 g/mol. The topological polar surface area (TPSA) is 96.7 Å². The highest BCUT2D eigenvalue weighted by Gasteiger charge is 2.21. The predicted octanol–water partition coefficient (Wildman–Crippen LogP) is 2.97. The lowest BCUT2D eigenvalue weighted by molar-refractivity contribution is -0.121. The average Bonchev–Trinajstić information content (AvgIpc) is 3.33. The first-order valence-corrected chi connectivity index (χ1v) is 9.94. The first kappa shape index (κ1) is 17.2. The Kier molecular flexibility index (Phi) is 5.32. The second kappa shape index (κ2) is 8.01. The number of hydrogen-bond acceptors (Lipinski definition) is 5. The van der Waals surface area contributed by atoms with Crippen LogP contribution in [0.1, 0.15) is 86.0 Å². The largest absolute Gasteiger partial charge is 0.347 e. The summed E-state index contributed by atoms with van der Waals surface area (Å²) in [6.45, 7) is 0.303. The molecule has 1 saturated carbocycles. The third-order valence-electron chi connectivity index (χ3n) is 5.62. The van der Waals surface area contributed by atoms with Crippen molar-refractivity contribution in [3.8, 4) is 0 Å². The molecule has 26 heavy (non-hydrogen) atoms. The van der Waals surface area contributed by atoms with Crippen LogP contribution in [0.5, 0.6) is 0 Å². The van der Waals surface area contributed by atoms with Gasteiger partial charge in [-0.15, -0.1) is 0 Å². The molecule has 140 valence electrons. The summed E-state index contributed by atoms with van der Waals surface area (Å²) in [7, 11) is 0. The van der Waals surface area contributed by atoms with Crippen LogP contribution in [0.25, 0.3) is 0 Å². The van der Waals surface area contributed by atoms with Gasteiger partial charge in [-0.3, -0.25) is 9.89 Å². The molecule has 0 saturated heterocycles. The zero-order chi connectivity index (χ0) is 17.8. The van der Waals surface area contributed by atoms with Gasteiger partial charge in [0.25, 0.3) is 0 Å². The highest BCUT2D eigenvalue weighted by atomic mass is 16.5. The Bertz CT molecular complexity index is 745. The molecule has 2 N–H and O–H groups in total. The zero-order valence-corrected chi connectivity index (χ0v) is 15.2. The highest BCUT2D eigenvalue weighted by Crippen LogP contribution is 2.30. The SMILES string of the molecule is O=C(CCc1n[nH]c2c1CCCC2)NCc1nc(C2CCCCC2)no1. The van der Waals surface area contributed by atoms with E-state index in [1.807, 2.05) is 0 Å². The van der Waals surface area contributed by atoms with Gasteiger partial charge in [0, 0.05) is 24.5 Å². The summed E-state index contributed by atoms with van der Waals surface area (Å²) in [5, 5.41) is 14.5. The van der Waals surface area contributed by atoms with Gasteiger partial charge in [0.1, 0.15) is 0 Å². The predicted molar refractivity (Wildman–Crippen MR) is 95.5 cm³/mol. The molecule has 7 heteroatoms. The number of aromatic nitrogens is 4. The number of rotatable bonds is 6. The van der Waals surface area contributed by atoms with E-state index in [0.717, 1.165) is 37.2 Å². The molecule has 1 fully saturated rings. The molecule has 0 radical (unpaired) electrons. The summed E-state index contributed by atoms with van der Waals surface area (Å²) in [6.07, 6.45) is 11.8. The van der Waals surface area contributed by atoms with Crippen molar-refractivity contribution in [2.45, 2.75) is 83.1 Å². The Hall–Kier alpha value is -2.18. The monoisotopic (exact) mass is 357 g/mol. The van der Waals surface area contributed by atoms with Crippen molar-refractivity contribution in [1.29, 1.82) is 0 Å². The van der Waals surface area contributed by atoms with E-state index in [9.17, 15) is 4.79 Å².